The minimum absolute atomic E-state index is 0.0719. The van der Waals surface area contributed by atoms with Gasteiger partial charge in [0.15, 0.2) is 5.96 Å². The Morgan fingerprint density at radius 1 is 1.14 bits per heavy atom. The van der Waals surface area contributed by atoms with Gasteiger partial charge in [-0.15, -0.1) is 0 Å². The summed E-state index contributed by atoms with van der Waals surface area (Å²) in [4.78, 5) is 15.8. The van der Waals surface area contributed by atoms with Crippen LogP contribution in [0.3, 0.4) is 0 Å². The second-order valence-corrected chi connectivity index (χ2v) is 6.02. The molecule has 3 N–H and O–H groups in total. The van der Waals surface area contributed by atoms with Gasteiger partial charge in [0.1, 0.15) is 0 Å². The van der Waals surface area contributed by atoms with Crippen LogP contribution in [0.1, 0.15) is 36.7 Å². The summed E-state index contributed by atoms with van der Waals surface area (Å²) in [6.45, 7) is 6.43. The third-order valence-electron chi connectivity index (χ3n) is 3.18. The van der Waals surface area contributed by atoms with Crippen LogP contribution in [0.15, 0.2) is 48.8 Å². The molecule has 1 amide bonds. The number of benzene rings is 1. The van der Waals surface area contributed by atoms with Gasteiger partial charge < -0.3 is 5.32 Å². The second kappa shape index (κ2) is 6.39. The Labute approximate surface area is 130 Å². The number of pyridine rings is 1. The van der Waals surface area contributed by atoms with Crippen LogP contribution in [0, 0.1) is 5.41 Å². The van der Waals surface area contributed by atoms with Crippen LogP contribution in [-0.4, -0.2) is 16.9 Å². The number of nitrogens with one attached hydrogen (secondary N) is 3. The number of anilines is 1. The minimum atomic E-state index is -0.364. The normalized spacial score (nSPS) is 10.9. The lowest BCUT2D eigenvalue weighted by atomic mass is 9.87. The predicted molar refractivity (Wildman–Crippen MR) is 88.2 cm³/mol. The number of rotatable bonds is 2. The van der Waals surface area contributed by atoms with Gasteiger partial charge in [-0.2, -0.15) is 0 Å². The number of guanidine groups is 1. The van der Waals surface area contributed by atoms with Crippen LogP contribution < -0.4 is 10.6 Å². The fourth-order valence-electron chi connectivity index (χ4n) is 1.91. The molecule has 0 aliphatic carbocycles. The van der Waals surface area contributed by atoms with E-state index < -0.39 is 0 Å². The fourth-order valence-corrected chi connectivity index (χ4v) is 1.91. The summed E-state index contributed by atoms with van der Waals surface area (Å²) in [5, 5.41) is 13.2. The van der Waals surface area contributed by atoms with E-state index in [-0.39, 0.29) is 17.3 Å². The number of carbonyl (C=O) groups is 1. The molecule has 1 aromatic heterocycles. The third-order valence-corrected chi connectivity index (χ3v) is 3.18. The lowest BCUT2D eigenvalue weighted by molar-refractivity contribution is 0.0976. The molecule has 1 aromatic carbocycles. The summed E-state index contributed by atoms with van der Waals surface area (Å²) in [5.41, 5.74) is 2.46. The van der Waals surface area contributed by atoms with Crippen molar-refractivity contribution in [3.05, 3.63) is 59.9 Å². The number of aromatic nitrogens is 1. The van der Waals surface area contributed by atoms with E-state index in [1.165, 1.54) is 11.8 Å². The zero-order valence-electron chi connectivity index (χ0n) is 13.0. The molecule has 0 fully saturated rings. The summed E-state index contributed by atoms with van der Waals surface area (Å²) in [7, 11) is 0. The molecule has 0 saturated carbocycles. The molecule has 114 valence electrons. The Balaban J connectivity index is 1.96. The maximum atomic E-state index is 11.9. The van der Waals surface area contributed by atoms with E-state index in [9.17, 15) is 4.79 Å². The predicted octanol–water partition coefficient (Wildman–Crippen LogP) is 3.16. The van der Waals surface area contributed by atoms with Crippen molar-refractivity contribution in [1.29, 1.82) is 5.41 Å². The Morgan fingerprint density at radius 3 is 2.36 bits per heavy atom. The highest BCUT2D eigenvalue weighted by molar-refractivity contribution is 6.08. The molecule has 5 nitrogen and oxygen atoms in total. The third kappa shape index (κ3) is 4.15. The molecule has 2 rings (SSSR count). The van der Waals surface area contributed by atoms with Crippen molar-refractivity contribution in [3.8, 4) is 0 Å². The maximum absolute atomic E-state index is 11.9. The topological polar surface area (TPSA) is 77.9 Å². The molecule has 0 unspecified atom stereocenters. The first-order valence-corrected chi connectivity index (χ1v) is 7.04. The highest BCUT2D eigenvalue weighted by atomic mass is 16.1. The van der Waals surface area contributed by atoms with Gasteiger partial charge in [0.2, 0.25) is 0 Å². The molecule has 1 heterocycles. The van der Waals surface area contributed by atoms with Gasteiger partial charge in [-0.1, -0.05) is 32.9 Å². The monoisotopic (exact) mass is 296 g/mol. The Kier molecular flexibility index (Phi) is 4.56. The van der Waals surface area contributed by atoms with E-state index in [1.54, 1.807) is 18.3 Å². The van der Waals surface area contributed by atoms with Crippen molar-refractivity contribution in [1.82, 2.24) is 10.3 Å². The van der Waals surface area contributed by atoms with Crippen LogP contribution in [0.25, 0.3) is 0 Å². The molecule has 0 saturated heterocycles. The summed E-state index contributed by atoms with van der Waals surface area (Å²) < 4.78 is 0. The summed E-state index contributed by atoms with van der Waals surface area (Å²) in [6, 6.07) is 11.1. The highest BCUT2D eigenvalue weighted by Gasteiger charge is 2.13. The van der Waals surface area contributed by atoms with Crippen LogP contribution >= 0.6 is 0 Å². The molecule has 0 spiro atoms. The molecule has 2 aromatic rings. The number of hydrogen-bond acceptors (Lipinski definition) is 3. The van der Waals surface area contributed by atoms with Crippen molar-refractivity contribution in [2.45, 2.75) is 26.2 Å². The van der Waals surface area contributed by atoms with Gasteiger partial charge >= 0.3 is 0 Å². The zero-order valence-corrected chi connectivity index (χ0v) is 13.0. The van der Waals surface area contributed by atoms with E-state index in [0.717, 1.165) is 5.69 Å². The van der Waals surface area contributed by atoms with Gasteiger partial charge in [-0.05, 0) is 35.2 Å². The van der Waals surface area contributed by atoms with Crippen molar-refractivity contribution < 1.29 is 4.79 Å². The van der Waals surface area contributed by atoms with E-state index in [4.69, 9.17) is 5.41 Å². The minimum Gasteiger partial charge on any atom is -0.326 e. The van der Waals surface area contributed by atoms with Gasteiger partial charge in [0, 0.05) is 18.1 Å². The first-order chi connectivity index (χ1) is 10.4. The Hall–Kier alpha value is -2.69. The number of amides is 1. The van der Waals surface area contributed by atoms with E-state index >= 15 is 0 Å². The molecular weight excluding hydrogens is 276 g/mol. The summed E-state index contributed by atoms with van der Waals surface area (Å²) in [6.07, 6.45) is 3.05. The molecule has 0 aliphatic rings. The molecule has 0 bridgehead atoms. The van der Waals surface area contributed by atoms with Crippen molar-refractivity contribution in [2.75, 3.05) is 5.32 Å². The zero-order chi connectivity index (χ0) is 16.2. The molecule has 0 atom stereocenters. The van der Waals surface area contributed by atoms with Gasteiger partial charge in [0.25, 0.3) is 5.91 Å². The number of hydrogen-bond donors (Lipinski definition) is 3. The average Bonchev–Trinajstić information content (AvgIpc) is 2.47. The number of carbonyl (C=O) groups excluding carboxylic acids is 1. The smallest absolute Gasteiger partial charge is 0.259 e. The maximum Gasteiger partial charge on any atom is 0.259 e. The lowest BCUT2D eigenvalue weighted by Gasteiger charge is -2.19. The SMILES string of the molecule is CC(C)(C)c1ccc(NC(=N)NC(=O)c2cccnc2)cc1. The standard InChI is InChI=1S/C17H20N4O/c1-17(2,3)13-6-8-14(9-7-13)20-16(18)21-15(22)12-5-4-10-19-11-12/h4-11H,1-3H3,(H3,18,20,21,22). The Morgan fingerprint density at radius 2 is 1.82 bits per heavy atom. The first kappa shape index (κ1) is 15.7. The molecule has 0 radical (unpaired) electrons. The van der Waals surface area contributed by atoms with Crippen molar-refractivity contribution in [3.63, 3.8) is 0 Å². The summed E-state index contributed by atoms with van der Waals surface area (Å²) >= 11 is 0. The molecule has 22 heavy (non-hydrogen) atoms. The fraction of sp³-hybridized carbons (Fsp3) is 0.235. The molecular formula is C17H20N4O. The van der Waals surface area contributed by atoms with Crippen LogP contribution in [0.5, 0.6) is 0 Å². The van der Waals surface area contributed by atoms with Gasteiger partial charge in [-0.25, -0.2) is 0 Å². The van der Waals surface area contributed by atoms with Gasteiger partial charge in [0.05, 0.1) is 5.56 Å². The van der Waals surface area contributed by atoms with Gasteiger partial charge in [-0.3, -0.25) is 20.5 Å². The van der Waals surface area contributed by atoms with E-state index in [0.29, 0.717) is 5.56 Å². The quantitative estimate of drug-likeness (QED) is 0.588. The number of nitrogens with zero attached hydrogens (tertiary/aromatic N) is 1. The van der Waals surface area contributed by atoms with Crippen LogP contribution in [0.2, 0.25) is 0 Å². The van der Waals surface area contributed by atoms with Crippen LogP contribution in [0.4, 0.5) is 5.69 Å². The van der Waals surface area contributed by atoms with Crippen LogP contribution in [-0.2, 0) is 5.41 Å². The average molecular weight is 296 g/mol. The largest absolute Gasteiger partial charge is 0.326 e. The lowest BCUT2D eigenvalue weighted by Crippen LogP contribution is -2.35. The van der Waals surface area contributed by atoms with E-state index in [2.05, 4.69) is 36.4 Å². The molecule has 0 aliphatic heterocycles. The van der Waals surface area contributed by atoms with Crippen molar-refractivity contribution >= 4 is 17.6 Å². The first-order valence-electron chi connectivity index (χ1n) is 7.04. The highest BCUT2D eigenvalue weighted by Crippen LogP contribution is 2.23. The van der Waals surface area contributed by atoms with E-state index in [1.807, 2.05) is 24.3 Å². The second-order valence-electron chi connectivity index (χ2n) is 6.02. The Bertz CT molecular complexity index is 657. The molecule has 5 heteroatoms. The van der Waals surface area contributed by atoms with Crippen molar-refractivity contribution in [2.24, 2.45) is 0 Å². The summed E-state index contributed by atoms with van der Waals surface area (Å²) in [5.74, 6) is -0.436.